The maximum atomic E-state index is 11.9. The van der Waals surface area contributed by atoms with E-state index in [1.54, 1.807) is 28.7 Å². The van der Waals surface area contributed by atoms with Gasteiger partial charge in [0, 0.05) is 19.3 Å². The zero-order valence-electron chi connectivity index (χ0n) is 10.3. The van der Waals surface area contributed by atoms with E-state index in [-0.39, 0.29) is 12.5 Å². The van der Waals surface area contributed by atoms with Crippen LogP contribution in [-0.2, 0) is 18.4 Å². The largest absolute Gasteiger partial charge is 0.308 e. The van der Waals surface area contributed by atoms with Crippen LogP contribution in [0.4, 0.5) is 5.82 Å². The van der Waals surface area contributed by atoms with Crippen LogP contribution in [0.1, 0.15) is 0 Å². The first-order valence-electron chi connectivity index (χ1n) is 5.80. The van der Waals surface area contributed by atoms with Crippen LogP contribution in [0.5, 0.6) is 0 Å². The summed E-state index contributed by atoms with van der Waals surface area (Å²) in [6.45, 7) is 0.108. The van der Waals surface area contributed by atoms with Crippen molar-refractivity contribution in [1.82, 2.24) is 24.8 Å². The maximum absolute atomic E-state index is 11.9. The second-order valence-corrected chi connectivity index (χ2v) is 4.16. The molecule has 1 amide bonds. The van der Waals surface area contributed by atoms with Crippen molar-refractivity contribution in [2.75, 3.05) is 5.32 Å². The highest BCUT2D eigenvalue weighted by molar-refractivity contribution is 5.90. The summed E-state index contributed by atoms with van der Waals surface area (Å²) < 4.78 is 3.19. The molecular weight excluding hydrogens is 244 g/mol. The van der Waals surface area contributed by atoms with Gasteiger partial charge in [0.15, 0.2) is 5.82 Å². The number of carbonyl (C=O) groups excluding carboxylic acids is 1. The van der Waals surface area contributed by atoms with Gasteiger partial charge in [-0.25, -0.2) is 4.68 Å². The van der Waals surface area contributed by atoms with E-state index in [4.69, 9.17) is 0 Å². The maximum Gasteiger partial charge on any atom is 0.247 e. The monoisotopic (exact) mass is 256 g/mol. The number of aromatic nitrogens is 5. The molecule has 2 heterocycles. The zero-order valence-corrected chi connectivity index (χ0v) is 10.3. The van der Waals surface area contributed by atoms with Gasteiger partial charge in [0.2, 0.25) is 5.91 Å². The lowest BCUT2D eigenvalue weighted by Crippen LogP contribution is -2.19. The smallest absolute Gasteiger partial charge is 0.247 e. The number of hydrogen-bond donors (Lipinski definition) is 1. The number of carbonyl (C=O) groups is 1. The summed E-state index contributed by atoms with van der Waals surface area (Å²) in [5.74, 6) is 0.339. The molecule has 0 saturated heterocycles. The number of fused-ring (bicyclic) bond motifs is 1. The van der Waals surface area contributed by atoms with Crippen molar-refractivity contribution < 1.29 is 4.79 Å². The summed E-state index contributed by atoms with van der Waals surface area (Å²) in [4.78, 5) is 11.9. The number of benzene rings is 1. The molecule has 96 valence electrons. The van der Waals surface area contributed by atoms with Gasteiger partial charge in [-0.3, -0.25) is 9.48 Å². The van der Waals surface area contributed by atoms with Gasteiger partial charge < -0.3 is 5.32 Å². The Morgan fingerprint density at radius 2 is 2.16 bits per heavy atom. The molecule has 7 nitrogen and oxygen atoms in total. The van der Waals surface area contributed by atoms with Gasteiger partial charge in [0.25, 0.3) is 0 Å². The summed E-state index contributed by atoms with van der Waals surface area (Å²) >= 11 is 0. The predicted octanol–water partition coefficient (Wildman–Crippen LogP) is 0.803. The summed E-state index contributed by atoms with van der Waals surface area (Å²) in [6.07, 6.45) is 1.76. The SMILES string of the molecule is Cn1ccc(NC(=O)Cn2nnc3ccccc32)n1. The number of nitrogens with one attached hydrogen (secondary N) is 1. The summed E-state index contributed by atoms with van der Waals surface area (Å²) in [7, 11) is 1.79. The molecule has 0 saturated carbocycles. The minimum absolute atomic E-state index is 0.108. The topological polar surface area (TPSA) is 77.6 Å². The average molecular weight is 256 g/mol. The highest BCUT2D eigenvalue weighted by atomic mass is 16.2. The van der Waals surface area contributed by atoms with Gasteiger partial charge in [-0.05, 0) is 12.1 Å². The van der Waals surface area contributed by atoms with Crippen molar-refractivity contribution in [3.63, 3.8) is 0 Å². The molecule has 0 aliphatic carbocycles. The number of nitrogens with zero attached hydrogens (tertiary/aromatic N) is 5. The van der Waals surface area contributed by atoms with Crippen LogP contribution in [0.25, 0.3) is 11.0 Å². The fourth-order valence-corrected chi connectivity index (χ4v) is 1.83. The Kier molecular flexibility index (Phi) is 2.71. The molecule has 0 unspecified atom stereocenters. The fourth-order valence-electron chi connectivity index (χ4n) is 1.83. The van der Waals surface area contributed by atoms with Crippen molar-refractivity contribution >= 4 is 22.8 Å². The van der Waals surface area contributed by atoms with Crippen LogP contribution < -0.4 is 5.32 Å². The fraction of sp³-hybridized carbons (Fsp3) is 0.167. The molecule has 0 aliphatic heterocycles. The van der Waals surface area contributed by atoms with Gasteiger partial charge in [-0.15, -0.1) is 5.10 Å². The van der Waals surface area contributed by atoms with Gasteiger partial charge in [0.05, 0.1) is 5.52 Å². The Hall–Kier alpha value is -2.70. The predicted molar refractivity (Wildman–Crippen MR) is 69.4 cm³/mol. The lowest BCUT2D eigenvalue weighted by Gasteiger charge is -2.02. The molecule has 3 aromatic rings. The third-order valence-corrected chi connectivity index (χ3v) is 2.69. The third-order valence-electron chi connectivity index (χ3n) is 2.69. The van der Waals surface area contributed by atoms with E-state index in [9.17, 15) is 4.79 Å². The van der Waals surface area contributed by atoms with Crippen LogP contribution in [0, 0.1) is 0 Å². The van der Waals surface area contributed by atoms with Crippen LogP contribution in [0.15, 0.2) is 36.5 Å². The minimum Gasteiger partial charge on any atom is -0.308 e. The second-order valence-electron chi connectivity index (χ2n) is 4.16. The van der Waals surface area contributed by atoms with E-state index in [0.29, 0.717) is 5.82 Å². The Morgan fingerprint density at radius 3 is 2.95 bits per heavy atom. The van der Waals surface area contributed by atoms with Crippen LogP contribution >= 0.6 is 0 Å². The molecule has 2 aromatic heterocycles. The molecule has 19 heavy (non-hydrogen) atoms. The summed E-state index contributed by atoms with van der Waals surface area (Å²) in [5, 5.41) is 14.7. The lowest BCUT2D eigenvalue weighted by atomic mass is 10.3. The van der Waals surface area contributed by atoms with Crippen molar-refractivity contribution in [3.05, 3.63) is 36.5 Å². The number of anilines is 1. The number of aryl methyl sites for hydroxylation is 1. The first-order chi connectivity index (χ1) is 9.22. The van der Waals surface area contributed by atoms with Gasteiger partial charge >= 0.3 is 0 Å². The molecule has 0 radical (unpaired) electrons. The normalized spacial score (nSPS) is 10.8. The standard InChI is InChI=1S/C12H12N6O/c1-17-7-6-11(15-17)13-12(19)8-18-10-5-3-2-4-9(10)14-16-18/h2-7H,8H2,1H3,(H,13,15,19). The number of rotatable bonds is 3. The Bertz CT molecular complexity index is 728. The molecule has 0 bridgehead atoms. The molecular formula is C12H12N6O. The highest BCUT2D eigenvalue weighted by Gasteiger charge is 2.09. The molecule has 1 N–H and O–H groups in total. The molecule has 0 fully saturated rings. The van der Waals surface area contributed by atoms with Gasteiger partial charge in [-0.1, -0.05) is 17.3 Å². The third kappa shape index (κ3) is 2.30. The van der Waals surface area contributed by atoms with Gasteiger partial charge in [-0.2, -0.15) is 5.10 Å². The van der Waals surface area contributed by atoms with E-state index in [0.717, 1.165) is 11.0 Å². The molecule has 0 aliphatic rings. The first-order valence-corrected chi connectivity index (χ1v) is 5.80. The van der Waals surface area contributed by atoms with Gasteiger partial charge in [0.1, 0.15) is 12.1 Å². The van der Waals surface area contributed by atoms with Crippen LogP contribution in [0.2, 0.25) is 0 Å². The molecule has 0 atom stereocenters. The van der Waals surface area contributed by atoms with Crippen molar-refractivity contribution in [3.8, 4) is 0 Å². The second kappa shape index (κ2) is 4.52. The Labute approximate surface area is 108 Å². The molecule has 1 aromatic carbocycles. The Morgan fingerprint density at radius 1 is 1.32 bits per heavy atom. The first kappa shape index (κ1) is 11.4. The highest BCUT2D eigenvalue weighted by Crippen LogP contribution is 2.09. The summed E-state index contributed by atoms with van der Waals surface area (Å²) in [6, 6.07) is 9.24. The van der Waals surface area contributed by atoms with E-state index < -0.39 is 0 Å². The molecule has 0 spiro atoms. The van der Waals surface area contributed by atoms with E-state index in [1.165, 1.54) is 0 Å². The number of amides is 1. The number of hydrogen-bond acceptors (Lipinski definition) is 4. The lowest BCUT2D eigenvalue weighted by molar-refractivity contribution is -0.116. The van der Waals surface area contributed by atoms with Crippen LogP contribution in [-0.4, -0.2) is 30.7 Å². The van der Waals surface area contributed by atoms with E-state index in [2.05, 4.69) is 20.7 Å². The van der Waals surface area contributed by atoms with Crippen LogP contribution in [0.3, 0.4) is 0 Å². The number of para-hydroxylation sites is 1. The van der Waals surface area contributed by atoms with Crippen molar-refractivity contribution in [2.45, 2.75) is 6.54 Å². The quantitative estimate of drug-likeness (QED) is 0.752. The Balaban J connectivity index is 1.76. The van der Waals surface area contributed by atoms with E-state index >= 15 is 0 Å². The zero-order chi connectivity index (χ0) is 13.2. The molecule has 7 heteroatoms. The minimum atomic E-state index is -0.186. The van der Waals surface area contributed by atoms with Crippen molar-refractivity contribution in [1.29, 1.82) is 0 Å². The van der Waals surface area contributed by atoms with Crippen molar-refractivity contribution in [2.24, 2.45) is 7.05 Å². The van der Waals surface area contributed by atoms with E-state index in [1.807, 2.05) is 24.3 Å². The summed E-state index contributed by atoms with van der Waals surface area (Å²) in [5.41, 5.74) is 1.60. The molecule has 3 rings (SSSR count). The average Bonchev–Trinajstić information content (AvgIpc) is 2.97.